The summed E-state index contributed by atoms with van der Waals surface area (Å²) in [7, 11) is 0. The van der Waals surface area contributed by atoms with Gasteiger partial charge in [-0.15, -0.1) is 12.4 Å². The number of primary amides is 1. The van der Waals surface area contributed by atoms with Gasteiger partial charge in [-0.25, -0.2) is 0 Å². The normalized spacial score (nSPS) is 25.2. The average molecular weight is 384 g/mol. The maximum atomic E-state index is 11.7. The number of nitro groups is 1. The molecule has 0 bridgehead atoms. The monoisotopic (exact) mass is 383 g/mol. The van der Waals surface area contributed by atoms with E-state index < -0.39 is 22.8 Å². The smallest absolute Gasteiger partial charge is 0.320 e. The number of likely N-dealkylation sites (tertiary alicyclic amines) is 1. The summed E-state index contributed by atoms with van der Waals surface area (Å²) >= 11 is 0. The van der Waals surface area contributed by atoms with Gasteiger partial charge in [-0.05, 0) is 31.2 Å². The van der Waals surface area contributed by atoms with Crippen molar-refractivity contribution in [3.05, 3.63) is 39.4 Å². The highest BCUT2D eigenvalue weighted by molar-refractivity contribution is 5.93. The van der Waals surface area contributed by atoms with Gasteiger partial charge in [0, 0.05) is 29.8 Å². The molecule has 1 saturated heterocycles. The second kappa shape index (κ2) is 8.01. The molecule has 1 heterocycles. The minimum atomic E-state index is -0.884. The predicted octanol–water partition coefficient (Wildman–Crippen LogP) is 2.33. The van der Waals surface area contributed by atoms with Crippen LogP contribution in [0, 0.1) is 16.0 Å². The Bertz CT molecular complexity index is 726. The molecule has 0 aromatic heterocycles. The largest absolute Gasteiger partial charge is 0.480 e. The molecule has 1 saturated carbocycles. The van der Waals surface area contributed by atoms with Crippen LogP contribution in [0.3, 0.4) is 0 Å². The van der Waals surface area contributed by atoms with Crippen molar-refractivity contribution in [3.63, 3.8) is 0 Å². The van der Waals surface area contributed by atoms with Crippen LogP contribution in [0.1, 0.15) is 48.0 Å². The number of carboxylic acid groups (broad SMARTS) is 1. The van der Waals surface area contributed by atoms with Gasteiger partial charge in [-0.3, -0.25) is 24.6 Å². The van der Waals surface area contributed by atoms with Crippen LogP contribution in [-0.2, 0) is 11.3 Å². The van der Waals surface area contributed by atoms with E-state index in [4.69, 9.17) is 5.73 Å². The standard InChI is InChI=1S/C17H21N3O5.ClH/c18-16(21)11-5-6-12(14(8-11)20(24)25)9-19-13-4-2-1-3-10(13)7-15(19)17(22)23;/h5-6,8,10,13,15H,1-4,7,9H2,(H2,18,21)(H,22,23);1H. The maximum absolute atomic E-state index is 11.7. The van der Waals surface area contributed by atoms with E-state index in [0.717, 1.165) is 25.7 Å². The lowest BCUT2D eigenvalue weighted by Gasteiger charge is -2.32. The molecule has 9 heteroatoms. The number of hydrogen-bond acceptors (Lipinski definition) is 5. The van der Waals surface area contributed by atoms with E-state index in [1.54, 1.807) is 0 Å². The van der Waals surface area contributed by atoms with Gasteiger partial charge in [-0.1, -0.05) is 18.9 Å². The van der Waals surface area contributed by atoms with Crippen LogP contribution in [0.25, 0.3) is 0 Å². The predicted molar refractivity (Wildman–Crippen MR) is 96.2 cm³/mol. The number of aliphatic carboxylic acids is 1. The van der Waals surface area contributed by atoms with Gasteiger partial charge >= 0.3 is 5.97 Å². The van der Waals surface area contributed by atoms with Gasteiger partial charge in [0.2, 0.25) is 5.91 Å². The Morgan fingerprint density at radius 3 is 2.62 bits per heavy atom. The Labute approximate surface area is 156 Å². The molecule has 2 aliphatic rings. The number of fused-ring (bicyclic) bond motifs is 1. The number of nitrogens with zero attached hydrogens (tertiary/aromatic N) is 2. The van der Waals surface area contributed by atoms with Gasteiger partial charge < -0.3 is 10.8 Å². The number of hydrogen-bond donors (Lipinski definition) is 2. The van der Waals surface area contributed by atoms with Crippen molar-refractivity contribution in [1.29, 1.82) is 0 Å². The summed E-state index contributed by atoms with van der Waals surface area (Å²) < 4.78 is 0. The second-order valence-electron chi connectivity index (χ2n) is 6.84. The Balaban J connectivity index is 0.00000243. The molecule has 8 nitrogen and oxygen atoms in total. The van der Waals surface area contributed by atoms with Crippen molar-refractivity contribution >= 4 is 30.0 Å². The summed E-state index contributed by atoms with van der Waals surface area (Å²) in [5.41, 5.74) is 5.48. The van der Waals surface area contributed by atoms with Crippen molar-refractivity contribution in [1.82, 2.24) is 4.90 Å². The highest BCUT2D eigenvalue weighted by atomic mass is 35.5. The number of carboxylic acids is 1. The molecule has 0 radical (unpaired) electrons. The van der Waals surface area contributed by atoms with E-state index in [0.29, 0.717) is 17.9 Å². The van der Waals surface area contributed by atoms with E-state index in [-0.39, 0.29) is 36.2 Å². The molecule has 1 aromatic rings. The third-order valence-electron chi connectivity index (χ3n) is 5.43. The quantitative estimate of drug-likeness (QED) is 0.593. The lowest BCUT2D eigenvalue weighted by atomic mass is 9.84. The first kappa shape index (κ1) is 20.1. The van der Waals surface area contributed by atoms with Gasteiger partial charge in [0.1, 0.15) is 6.04 Å². The molecule has 1 aliphatic carbocycles. The summed E-state index contributed by atoms with van der Waals surface area (Å²) in [4.78, 5) is 35.7. The van der Waals surface area contributed by atoms with Crippen LogP contribution in [0.15, 0.2) is 18.2 Å². The van der Waals surface area contributed by atoms with E-state index in [9.17, 15) is 24.8 Å². The number of benzene rings is 1. The first-order valence-corrected chi connectivity index (χ1v) is 8.44. The molecule has 3 unspecified atom stereocenters. The van der Waals surface area contributed by atoms with Gasteiger partial charge in [0.25, 0.3) is 5.69 Å². The van der Waals surface area contributed by atoms with Crippen molar-refractivity contribution in [3.8, 4) is 0 Å². The van der Waals surface area contributed by atoms with Gasteiger partial charge in [-0.2, -0.15) is 0 Å². The number of halogens is 1. The molecule has 1 aromatic carbocycles. The number of carbonyl (C=O) groups is 2. The number of nitrogens with two attached hydrogens (primary N) is 1. The zero-order chi connectivity index (χ0) is 18.1. The van der Waals surface area contributed by atoms with Crippen LogP contribution < -0.4 is 5.73 Å². The van der Waals surface area contributed by atoms with Crippen molar-refractivity contribution in [2.75, 3.05) is 0 Å². The summed E-state index contributed by atoms with van der Waals surface area (Å²) in [5.74, 6) is -1.28. The van der Waals surface area contributed by atoms with Gasteiger partial charge in [0.05, 0.1) is 4.92 Å². The summed E-state index contributed by atoms with van der Waals surface area (Å²) in [5, 5.41) is 21.0. The number of nitro benzene ring substituents is 1. The number of amides is 1. The molecule has 3 N–H and O–H groups in total. The van der Waals surface area contributed by atoms with Crippen LogP contribution in [0.4, 0.5) is 5.69 Å². The average Bonchev–Trinajstić information content (AvgIpc) is 2.94. The molecule has 0 spiro atoms. The fourth-order valence-electron chi connectivity index (χ4n) is 4.24. The highest BCUT2D eigenvalue weighted by Gasteiger charge is 2.45. The number of rotatable bonds is 5. The Morgan fingerprint density at radius 1 is 1.31 bits per heavy atom. The third-order valence-corrected chi connectivity index (χ3v) is 5.43. The van der Waals surface area contributed by atoms with Crippen LogP contribution in [-0.4, -0.2) is 38.9 Å². The maximum Gasteiger partial charge on any atom is 0.320 e. The lowest BCUT2D eigenvalue weighted by molar-refractivity contribution is -0.385. The molecule has 26 heavy (non-hydrogen) atoms. The zero-order valence-corrected chi connectivity index (χ0v) is 15.0. The van der Waals surface area contributed by atoms with Crippen LogP contribution >= 0.6 is 12.4 Å². The molecule has 2 fully saturated rings. The van der Waals surface area contributed by atoms with E-state index in [2.05, 4.69) is 0 Å². The van der Waals surface area contributed by atoms with Crippen LogP contribution in [0.5, 0.6) is 0 Å². The van der Waals surface area contributed by atoms with E-state index >= 15 is 0 Å². The Hall–Kier alpha value is -2.19. The molecule has 3 rings (SSSR count). The summed E-state index contributed by atoms with van der Waals surface area (Å²) in [6.07, 6.45) is 4.67. The molecule has 3 atom stereocenters. The number of carbonyl (C=O) groups excluding carboxylic acids is 1. The molecule has 1 aliphatic heterocycles. The first-order valence-electron chi connectivity index (χ1n) is 8.44. The molecule has 142 valence electrons. The lowest BCUT2D eigenvalue weighted by Crippen LogP contribution is -2.41. The summed E-state index contributed by atoms with van der Waals surface area (Å²) in [6.45, 7) is 0.188. The fourth-order valence-corrected chi connectivity index (χ4v) is 4.24. The van der Waals surface area contributed by atoms with Crippen molar-refractivity contribution in [2.24, 2.45) is 11.7 Å². The Morgan fingerprint density at radius 2 is 2.00 bits per heavy atom. The van der Waals surface area contributed by atoms with E-state index in [1.165, 1.54) is 18.2 Å². The van der Waals surface area contributed by atoms with Crippen molar-refractivity contribution < 1.29 is 19.6 Å². The van der Waals surface area contributed by atoms with E-state index in [1.807, 2.05) is 4.90 Å². The fraction of sp³-hybridized carbons (Fsp3) is 0.529. The molecule has 1 amide bonds. The second-order valence-corrected chi connectivity index (χ2v) is 6.84. The van der Waals surface area contributed by atoms with Crippen molar-refractivity contribution in [2.45, 2.75) is 50.7 Å². The zero-order valence-electron chi connectivity index (χ0n) is 14.2. The van der Waals surface area contributed by atoms with Crippen LogP contribution in [0.2, 0.25) is 0 Å². The highest BCUT2D eigenvalue weighted by Crippen LogP contribution is 2.41. The summed E-state index contributed by atoms with van der Waals surface area (Å²) in [6, 6.07) is 3.65. The first-order chi connectivity index (χ1) is 11.9. The molecular weight excluding hydrogens is 362 g/mol. The third kappa shape index (κ3) is 3.81. The molecular formula is C17H22ClN3O5. The minimum Gasteiger partial charge on any atom is -0.480 e. The SMILES string of the molecule is Cl.NC(=O)c1ccc(CN2C(C(=O)O)CC3CCCCC32)c([N+](=O)[O-])c1. The van der Waals surface area contributed by atoms with Gasteiger partial charge in [0.15, 0.2) is 0 Å². The minimum absolute atomic E-state index is 0. The topological polar surface area (TPSA) is 127 Å². The Kier molecular flexibility index (Phi) is 6.20.